The Labute approximate surface area is 168 Å². The number of fused-ring (bicyclic) bond motifs is 1. The first kappa shape index (κ1) is 19.4. The van der Waals surface area contributed by atoms with Crippen LogP contribution in [0.4, 0.5) is 0 Å². The van der Waals surface area contributed by atoms with Crippen LogP contribution in [0.2, 0.25) is 0 Å². The van der Waals surface area contributed by atoms with Gasteiger partial charge in [-0.15, -0.1) is 0 Å². The zero-order chi connectivity index (χ0) is 20.2. The number of aromatic nitrogens is 5. The monoisotopic (exact) mass is 396 g/mol. The van der Waals surface area contributed by atoms with Crippen LogP contribution in [0.3, 0.4) is 0 Å². The van der Waals surface area contributed by atoms with E-state index in [1.165, 1.54) is 0 Å². The van der Waals surface area contributed by atoms with Crippen LogP contribution in [0, 0.1) is 0 Å². The van der Waals surface area contributed by atoms with Crippen molar-refractivity contribution < 1.29 is 14.3 Å². The Morgan fingerprint density at radius 2 is 2.14 bits per heavy atom. The minimum absolute atomic E-state index is 0.199. The molecule has 0 aliphatic heterocycles. The predicted octanol–water partition coefficient (Wildman–Crippen LogP) is 2.34. The van der Waals surface area contributed by atoms with Gasteiger partial charge in [0.25, 0.3) is 5.91 Å². The van der Waals surface area contributed by atoms with E-state index in [1.807, 2.05) is 19.3 Å². The van der Waals surface area contributed by atoms with Gasteiger partial charge in [-0.1, -0.05) is 0 Å². The summed E-state index contributed by atoms with van der Waals surface area (Å²) in [7, 11) is 3.48. The number of hydrogen-bond donors (Lipinski definition) is 0. The molecule has 1 fully saturated rings. The highest BCUT2D eigenvalue weighted by atomic mass is 16.5. The third kappa shape index (κ3) is 4.41. The molecule has 4 rings (SSSR count). The molecule has 0 saturated heterocycles. The zero-order valence-corrected chi connectivity index (χ0v) is 16.6. The average Bonchev–Trinajstić information content (AvgIpc) is 3.37. The van der Waals surface area contributed by atoms with Gasteiger partial charge in [0.15, 0.2) is 5.69 Å². The molecule has 0 bridgehead atoms. The summed E-state index contributed by atoms with van der Waals surface area (Å²) in [6.45, 7) is 1.18. The molecule has 0 N–H and O–H groups in total. The first-order chi connectivity index (χ1) is 14.1. The number of carbonyl (C=O) groups is 1. The Morgan fingerprint density at radius 3 is 2.86 bits per heavy atom. The van der Waals surface area contributed by atoms with Gasteiger partial charge in [0.05, 0.1) is 19.3 Å². The van der Waals surface area contributed by atoms with Gasteiger partial charge in [0, 0.05) is 43.8 Å². The summed E-state index contributed by atoms with van der Waals surface area (Å²) < 4.78 is 14.2. The van der Waals surface area contributed by atoms with Crippen molar-refractivity contribution in [1.82, 2.24) is 24.3 Å². The Morgan fingerprint density at radius 1 is 1.31 bits per heavy atom. The van der Waals surface area contributed by atoms with Crippen LogP contribution >= 0.6 is 0 Å². The van der Waals surface area contributed by atoms with Crippen LogP contribution in [0.25, 0.3) is 16.7 Å². The lowest BCUT2D eigenvalue weighted by Gasteiger charge is -2.23. The Bertz CT molecular complexity index is 1010. The number of hydrogen-bond acceptors (Lipinski definition) is 6. The molecule has 9 nitrogen and oxygen atoms in total. The maximum Gasteiger partial charge on any atom is 0.297 e. The molecule has 0 radical (unpaired) electrons. The number of aryl methyl sites for hydroxylation is 1. The van der Waals surface area contributed by atoms with Gasteiger partial charge in [0.2, 0.25) is 0 Å². The van der Waals surface area contributed by atoms with Gasteiger partial charge < -0.3 is 9.47 Å². The van der Waals surface area contributed by atoms with Gasteiger partial charge in [-0.2, -0.15) is 5.10 Å². The lowest BCUT2D eigenvalue weighted by molar-refractivity contribution is 0.00822. The van der Waals surface area contributed by atoms with Gasteiger partial charge in [-0.05, 0) is 31.7 Å². The molecule has 1 amide bonds. The maximum absolute atomic E-state index is 13.0. The van der Waals surface area contributed by atoms with Crippen molar-refractivity contribution >= 4 is 22.5 Å². The van der Waals surface area contributed by atoms with Crippen molar-refractivity contribution in [3.8, 4) is 5.82 Å². The highest BCUT2D eigenvalue weighted by molar-refractivity contribution is 6.09. The Hall–Kier alpha value is -2.91. The van der Waals surface area contributed by atoms with Gasteiger partial charge in [0.1, 0.15) is 17.7 Å². The van der Waals surface area contributed by atoms with Gasteiger partial charge in [-0.25, -0.2) is 15.0 Å². The molecule has 1 aliphatic rings. The molecule has 152 valence electrons. The van der Waals surface area contributed by atoms with Crippen LogP contribution < -0.4 is 0 Å². The summed E-state index contributed by atoms with van der Waals surface area (Å²) in [5.41, 5.74) is 1.71. The van der Waals surface area contributed by atoms with E-state index < -0.39 is 0 Å². The third-order valence-corrected chi connectivity index (χ3v) is 4.97. The van der Waals surface area contributed by atoms with Crippen molar-refractivity contribution in [1.29, 1.82) is 0 Å². The smallest absolute Gasteiger partial charge is 0.297 e. The van der Waals surface area contributed by atoms with E-state index in [2.05, 4.69) is 20.1 Å². The van der Waals surface area contributed by atoms with E-state index in [-0.39, 0.29) is 17.7 Å². The van der Waals surface area contributed by atoms with E-state index >= 15 is 0 Å². The fourth-order valence-electron chi connectivity index (χ4n) is 3.51. The highest BCUT2D eigenvalue weighted by Crippen LogP contribution is 2.22. The third-order valence-electron chi connectivity index (χ3n) is 4.97. The molecule has 0 atom stereocenters. The number of rotatable bonds is 6. The lowest BCUT2D eigenvalue weighted by Crippen LogP contribution is -2.23. The lowest BCUT2D eigenvalue weighted by atomic mass is 9.95. The fourth-order valence-corrected chi connectivity index (χ4v) is 3.51. The SMILES string of the molecule is COCCOC1CCC(=NC(=O)c2nc(-n3ccnc3)cc3cn(C)nc23)CC1. The summed E-state index contributed by atoms with van der Waals surface area (Å²) in [6, 6.07) is 1.89. The number of carbonyl (C=O) groups excluding carboxylic acids is 1. The van der Waals surface area contributed by atoms with E-state index in [0.717, 1.165) is 36.8 Å². The second-order valence-electron chi connectivity index (χ2n) is 7.09. The number of nitrogens with zero attached hydrogens (tertiary/aromatic N) is 6. The van der Waals surface area contributed by atoms with Crippen molar-refractivity contribution in [3.05, 3.63) is 36.7 Å². The van der Waals surface area contributed by atoms with Crippen LogP contribution in [0.15, 0.2) is 36.0 Å². The number of aliphatic imine (C=N–C) groups is 1. The topological polar surface area (TPSA) is 96.4 Å². The van der Waals surface area contributed by atoms with E-state index in [9.17, 15) is 4.79 Å². The number of methoxy groups -OCH3 is 1. The second kappa shape index (κ2) is 8.62. The van der Waals surface area contributed by atoms with Crippen LogP contribution in [-0.2, 0) is 16.5 Å². The molecule has 0 spiro atoms. The van der Waals surface area contributed by atoms with Crippen molar-refractivity contribution in [2.75, 3.05) is 20.3 Å². The minimum Gasteiger partial charge on any atom is -0.382 e. The zero-order valence-electron chi connectivity index (χ0n) is 16.6. The number of pyridine rings is 1. The van der Waals surface area contributed by atoms with Crippen LogP contribution in [-0.4, -0.2) is 62.4 Å². The quantitative estimate of drug-likeness (QED) is 0.594. The summed E-state index contributed by atoms with van der Waals surface area (Å²) in [5, 5.41) is 5.25. The largest absolute Gasteiger partial charge is 0.382 e. The van der Waals surface area contributed by atoms with Gasteiger partial charge in [-0.3, -0.25) is 14.0 Å². The molecule has 9 heteroatoms. The first-order valence-corrected chi connectivity index (χ1v) is 9.68. The highest BCUT2D eigenvalue weighted by Gasteiger charge is 2.21. The van der Waals surface area contributed by atoms with Crippen LogP contribution in [0.1, 0.15) is 36.2 Å². The summed E-state index contributed by atoms with van der Waals surface area (Å²) in [6.07, 6.45) is 10.4. The molecule has 3 aromatic heterocycles. The van der Waals surface area contributed by atoms with E-state index in [1.54, 1.807) is 35.1 Å². The summed E-state index contributed by atoms with van der Waals surface area (Å²) in [5.74, 6) is 0.256. The molecular weight excluding hydrogens is 372 g/mol. The molecule has 1 saturated carbocycles. The van der Waals surface area contributed by atoms with E-state index in [4.69, 9.17) is 9.47 Å². The molecule has 3 heterocycles. The molecule has 29 heavy (non-hydrogen) atoms. The standard InChI is InChI=1S/C20H24N6O3/c1-25-12-14-11-17(26-8-7-21-13-26)23-19(18(14)24-25)20(27)22-15-3-5-16(6-4-15)29-10-9-28-2/h7-8,11-13,16H,3-6,9-10H2,1-2H3. The summed E-state index contributed by atoms with van der Waals surface area (Å²) >= 11 is 0. The Kier molecular flexibility index (Phi) is 5.77. The van der Waals surface area contributed by atoms with Crippen LogP contribution in [0.5, 0.6) is 0 Å². The predicted molar refractivity (Wildman–Crippen MR) is 107 cm³/mol. The van der Waals surface area contributed by atoms with Crippen molar-refractivity contribution in [2.24, 2.45) is 12.0 Å². The van der Waals surface area contributed by atoms with Crippen molar-refractivity contribution in [3.63, 3.8) is 0 Å². The molecular formula is C20H24N6O3. The van der Waals surface area contributed by atoms with E-state index in [0.29, 0.717) is 24.5 Å². The maximum atomic E-state index is 13.0. The summed E-state index contributed by atoms with van der Waals surface area (Å²) in [4.78, 5) is 26.0. The molecule has 3 aromatic rings. The number of imidazole rings is 1. The number of ether oxygens (including phenoxy) is 2. The normalized spacial score (nSPS) is 17.0. The number of amides is 1. The average molecular weight is 396 g/mol. The molecule has 0 aromatic carbocycles. The minimum atomic E-state index is -0.357. The Balaban J connectivity index is 1.55. The fraction of sp³-hybridized carbons (Fsp3) is 0.450. The van der Waals surface area contributed by atoms with Crippen molar-refractivity contribution in [2.45, 2.75) is 31.8 Å². The van der Waals surface area contributed by atoms with Gasteiger partial charge >= 0.3 is 0 Å². The first-order valence-electron chi connectivity index (χ1n) is 9.68. The molecule has 1 aliphatic carbocycles. The second-order valence-corrected chi connectivity index (χ2v) is 7.09. The molecule has 0 unspecified atom stereocenters.